The fourth-order valence-corrected chi connectivity index (χ4v) is 2.34. The van der Waals surface area contributed by atoms with Crippen LogP contribution in [-0.2, 0) is 14.3 Å². The third kappa shape index (κ3) is 3.93. The first-order valence-corrected chi connectivity index (χ1v) is 6.68. The highest BCUT2D eigenvalue weighted by atomic mass is 16.5. The van der Waals surface area contributed by atoms with Gasteiger partial charge in [0, 0.05) is 19.1 Å². The molecule has 0 bridgehead atoms. The summed E-state index contributed by atoms with van der Waals surface area (Å²) >= 11 is 0. The predicted molar refractivity (Wildman–Crippen MR) is 70.6 cm³/mol. The Bertz CT molecular complexity index is 273. The number of methoxy groups -OCH3 is 1. The maximum atomic E-state index is 11.8. The average molecular weight is 258 g/mol. The van der Waals surface area contributed by atoms with Gasteiger partial charge in [0.15, 0.2) is 0 Å². The molecule has 2 unspecified atom stereocenters. The minimum Gasteiger partial charge on any atom is -0.468 e. The van der Waals surface area contributed by atoms with Crippen LogP contribution in [0.4, 0.5) is 0 Å². The van der Waals surface area contributed by atoms with Gasteiger partial charge in [-0.3, -0.25) is 9.69 Å². The van der Waals surface area contributed by atoms with E-state index in [0.29, 0.717) is 6.04 Å². The van der Waals surface area contributed by atoms with Crippen LogP contribution in [0.25, 0.3) is 0 Å². The van der Waals surface area contributed by atoms with Crippen molar-refractivity contribution in [1.29, 1.82) is 0 Å². The monoisotopic (exact) mass is 258 g/mol. The summed E-state index contributed by atoms with van der Waals surface area (Å²) in [5.41, 5.74) is -0.596. The van der Waals surface area contributed by atoms with Crippen molar-refractivity contribution in [2.45, 2.75) is 38.8 Å². The van der Waals surface area contributed by atoms with Crippen molar-refractivity contribution in [1.82, 2.24) is 10.2 Å². The molecule has 1 fully saturated rings. The molecule has 0 aliphatic carbocycles. The van der Waals surface area contributed by atoms with Gasteiger partial charge in [-0.05, 0) is 26.8 Å². The van der Waals surface area contributed by atoms with Crippen LogP contribution < -0.4 is 5.32 Å². The second-order valence-corrected chi connectivity index (χ2v) is 5.06. The molecule has 106 valence electrons. The molecule has 0 amide bonds. The Balaban J connectivity index is 2.53. The molecule has 18 heavy (non-hydrogen) atoms. The summed E-state index contributed by atoms with van der Waals surface area (Å²) < 4.78 is 10.3. The molecule has 0 spiro atoms. The zero-order chi connectivity index (χ0) is 13.6. The number of hydrogen-bond donors (Lipinski definition) is 1. The summed E-state index contributed by atoms with van der Waals surface area (Å²) in [4.78, 5) is 14.2. The summed E-state index contributed by atoms with van der Waals surface area (Å²) in [6.07, 6.45) is 0.748. The molecular formula is C13H26N2O3. The van der Waals surface area contributed by atoms with Gasteiger partial charge in [0.05, 0.1) is 20.3 Å². The molecular weight excluding hydrogens is 232 g/mol. The molecule has 1 aliphatic heterocycles. The number of hydrogen-bond acceptors (Lipinski definition) is 5. The van der Waals surface area contributed by atoms with Gasteiger partial charge >= 0.3 is 5.97 Å². The number of likely N-dealkylation sites (N-methyl/N-ethyl adjacent to an activating group) is 1. The lowest BCUT2D eigenvalue weighted by atomic mass is 9.97. The average Bonchev–Trinajstić information content (AvgIpc) is 2.37. The molecule has 0 radical (unpaired) electrons. The van der Waals surface area contributed by atoms with Crippen LogP contribution in [0.1, 0.15) is 27.2 Å². The van der Waals surface area contributed by atoms with Crippen molar-refractivity contribution in [3.63, 3.8) is 0 Å². The van der Waals surface area contributed by atoms with Crippen molar-refractivity contribution in [2.75, 3.05) is 40.0 Å². The van der Waals surface area contributed by atoms with E-state index in [2.05, 4.69) is 17.1 Å². The molecule has 1 N–H and O–H groups in total. The number of carbonyl (C=O) groups is 1. The number of morpholine rings is 1. The highest BCUT2D eigenvalue weighted by Crippen LogP contribution is 2.15. The van der Waals surface area contributed by atoms with Gasteiger partial charge in [-0.1, -0.05) is 6.92 Å². The van der Waals surface area contributed by atoms with Gasteiger partial charge in [0.1, 0.15) is 5.54 Å². The predicted octanol–water partition coefficient (Wildman–Crippen LogP) is 0.638. The van der Waals surface area contributed by atoms with Crippen molar-refractivity contribution < 1.29 is 14.3 Å². The fourth-order valence-electron chi connectivity index (χ4n) is 2.34. The molecule has 0 aromatic heterocycles. The Labute approximate surface area is 110 Å². The number of esters is 1. The van der Waals surface area contributed by atoms with Gasteiger partial charge in [-0.15, -0.1) is 0 Å². The lowest BCUT2D eigenvalue weighted by Crippen LogP contribution is -2.53. The third-order valence-corrected chi connectivity index (χ3v) is 3.61. The second kappa shape index (κ2) is 7.07. The maximum absolute atomic E-state index is 11.8. The molecule has 0 aromatic carbocycles. The Morgan fingerprint density at radius 3 is 2.89 bits per heavy atom. The minimum atomic E-state index is -0.596. The van der Waals surface area contributed by atoms with E-state index in [4.69, 9.17) is 9.47 Å². The Morgan fingerprint density at radius 1 is 1.61 bits per heavy atom. The van der Waals surface area contributed by atoms with Gasteiger partial charge in [-0.25, -0.2) is 0 Å². The Morgan fingerprint density at radius 2 is 2.33 bits per heavy atom. The van der Waals surface area contributed by atoms with E-state index in [0.717, 1.165) is 39.3 Å². The Hall–Kier alpha value is -0.650. The van der Waals surface area contributed by atoms with Gasteiger partial charge in [-0.2, -0.15) is 0 Å². The summed E-state index contributed by atoms with van der Waals surface area (Å²) in [5.74, 6) is -0.190. The SMILES string of the molecule is CCNC(C)(CCN1CCOCC1C)C(=O)OC. The summed E-state index contributed by atoms with van der Waals surface area (Å²) in [7, 11) is 1.44. The smallest absolute Gasteiger partial charge is 0.325 e. The normalized spacial score (nSPS) is 24.6. The minimum absolute atomic E-state index is 0.190. The van der Waals surface area contributed by atoms with Crippen LogP contribution in [0.15, 0.2) is 0 Å². The van der Waals surface area contributed by atoms with E-state index >= 15 is 0 Å². The molecule has 5 nitrogen and oxygen atoms in total. The standard InChI is InChI=1S/C13H26N2O3/c1-5-14-13(3,12(16)17-4)6-7-15-8-9-18-10-11(15)2/h11,14H,5-10H2,1-4H3. The van der Waals surface area contributed by atoms with E-state index in [9.17, 15) is 4.79 Å². The highest BCUT2D eigenvalue weighted by molar-refractivity contribution is 5.80. The quantitative estimate of drug-likeness (QED) is 0.709. The number of nitrogens with zero attached hydrogens (tertiary/aromatic N) is 1. The van der Waals surface area contributed by atoms with Gasteiger partial charge in [0.25, 0.3) is 0 Å². The van der Waals surface area contributed by atoms with Gasteiger partial charge < -0.3 is 14.8 Å². The van der Waals surface area contributed by atoms with Crippen LogP contribution in [0.3, 0.4) is 0 Å². The van der Waals surface area contributed by atoms with E-state index < -0.39 is 5.54 Å². The molecule has 1 heterocycles. The first-order valence-electron chi connectivity index (χ1n) is 6.68. The van der Waals surface area contributed by atoms with Crippen LogP contribution in [0.2, 0.25) is 0 Å². The molecule has 0 aromatic rings. The van der Waals surface area contributed by atoms with Crippen molar-refractivity contribution >= 4 is 5.97 Å². The number of ether oxygens (including phenoxy) is 2. The molecule has 0 saturated carbocycles. The summed E-state index contributed by atoms with van der Waals surface area (Å²) in [5, 5.41) is 3.23. The molecule has 5 heteroatoms. The van der Waals surface area contributed by atoms with Crippen LogP contribution in [-0.4, -0.2) is 62.4 Å². The largest absolute Gasteiger partial charge is 0.468 e. The maximum Gasteiger partial charge on any atom is 0.325 e. The van der Waals surface area contributed by atoms with Crippen LogP contribution >= 0.6 is 0 Å². The number of carbonyl (C=O) groups excluding carboxylic acids is 1. The lowest BCUT2D eigenvalue weighted by molar-refractivity contribution is -0.148. The van der Waals surface area contributed by atoms with Gasteiger partial charge in [0.2, 0.25) is 0 Å². The Kier molecular flexibility index (Phi) is 6.05. The molecule has 1 rings (SSSR count). The summed E-state index contributed by atoms with van der Waals surface area (Å²) in [6.45, 7) is 10.2. The number of rotatable bonds is 6. The first-order chi connectivity index (χ1) is 8.53. The first kappa shape index (κ1) is 15.4. The molecule has 2 atom stereocenters. The van der Waals surface area contributed by atoms with E-state index in [1.54, 1.807) is 0 Å². The lowest BCUT2D eigenvalue weighted by Gasteiger charge is -2.36. The zero-order valence-corrected chi connectivity index (χ0v) is 12.0. The third-order valence-electron chi connectivity index (χ3n) is 3.61. The highest BCUT2D eigenvalue weighted by Gasteiger charge is 2.34. The fraction of sp³-hybridized carbons (Fsp3) is 0.923. The van der Waals surface area contributed by atoms with E-state index in [-0.39, 0.29) is 5.97 Å². The second-order valence-electron chi connectivity index (χ2n) is 5.06. The van der Waals surface area contributed by atoms with E-state index in [1.807, 2.05) is 13.8 Å². The van der Waals surface area contributed by atoms with E-state index in [1.165, 1.54) is 7.11 Å². The van der Waals surface area contributed by atoms with Crippen molar-refractivity contribution in [2.24, 2.45) is 0 Å². The van der Waals surface area contributed by atoms with Crippen LogP contribution in [0, 0.1) is 0 Å². The summed E-state index contributed by atoms with van der Waals surface area (Å²) in [6, 6.07) is 0.419. The van der Waals surface area contributed by atoms with Crippen LogP contribution in [0.5, 0.6) is 0 Å². The topological polar surface area (TPSA) is 50.8 Å². The van der Waals surface area contributed by atoms with Crippen molar-refractivity contribution in [3.05, 3.63) is 0 Å². The van der Waals surface area contributed by atoms with Crippen molar-refractivity contribution in [3.8, 4) is 0 Å². The molecule has 1 saturated heterocycles. The number of nitrogens with one attached hydrogen (secondary N) is 1. The molecule has 1 aliphatic rings. The zero-order valence-electron chi connectivity index (χ0n) is 12.0.